The standard InChI is InChI=1S/C19H21NO4/c1-11(2)23-18(22)15-14-8-9-19(24-14)10-20(17(21)16(15)19)13-7-5-4-6-12(13)3/h4-9,11,14-16H,10H2,1-3H3/t14-,15+,16-,19-/m1/s1. The molecule has 1 aromatic rings. The molecule has 5 heteroatoms. The smallest absolute Gasteiger partial charge is 0.313 e. The van der Waals surface area contributed by atoms with Gasteiger partial charge in [0.05, 0.1) is 24.7 Å². The average Bonchev–Trinajstić information content (AvgIpc) is 3.15. The van der Waals surface area contributed by atoms with Gasteiger partial charge in [-0.05, 0) is 32.4 Å². The van der Waals surface area contributed by atoms with Gasteiger partial charge in [0.1, 0.15) is 11.5 Å². The van der Waals surface area contributed by atoms with Crippen LogP contribution in [0.1, 0.15) is 19.4 Å². The Hall–Kier alpha value is -2.14. The van der Waals surface area contributed by atoms with Crippen molar-refractivity contribution < 1.29 is 19.1 Å². The Labute approximate surface area is 141 Å². The fraction of sp³-hybridized carbons (Fsp3) is 0.474. The van der Waals surface area contributed by atoms with Crippen LogP contribution >= 0.6 is 0 Å². The van der Waals surface area contributed by atoms with Crippen LogP contribution in [0.3, 0.4) is 0 Å². The Morgan fingerprint density at radius 3 is 2.83 bits per heavy atom. The fourth-order valence-electron chi connectivity index (χ4n) is 4.15. The summed E-state index contributed by atoms with van der Waals surface area (Å²) in [6, 6.07) is 7.78. The molecule has 126 valence electrons. The highest BCUT2D eigenvalue weighted by molar-refractivity contribution is 6.03. The van der Waals surface area contributed by atoms with Crippen LogP contribution in [0.15, 0.2) is 36.4 Å². The zero-order chi connectivity index (χ0) is 17.1. The van der Waals surface area contributed by atoms with E-state index in [4.69, 9.17) is 9.47 Å². The molecule has 2 saturated heterocycles. The molecule has 3 heterocycles. The lowest BCUT2D eigenvalue weighted by Gasteiger charge is -2.23. The second-order valence-electron chi connectivity index (χ2n) is 7.10. The lowest BCUT2D eigenvalue weighted by atomic mass is 9.77. The van der Waals surface area contributed by atoms with Crippen molar-refractivity contribution in [3.63, 3.8) is 0 Å². The maximum Gasteiger partial charge on any atom is 0.313 e. The van der Waals surface area contributed by atoms with E-state index in [2.05, 4.69) is 0 Å². The zero-order valence-corrected chi connectivity index (χ0v) is 14.1. The number of nitrogens with zero attached hydrogens (tertiary/aromatic N) is 1. The summed E-state index contributed by atoms with van der Waals surface area (Å²) < 4.78 is 11.5. The molecule has 0 aromatic heterocycles. The van der Waals surface area contributed by atoms with E-state index in [-0.39, 0.29) is 24.1 Å². The summed E-state index contributed by atoms with van der Waals surface area (Å²) in [5.41, 5.74) is 1.20. The summed E-state index contributed by atoms with van der Waals surface area (Å²) in [6.07, 6.45) is 3.29. The molecule has 0 aliphatic carbocycles. The molecule has 0 N–H and O–H groups in total. The van der Waals surface area contributed by atoms with Crippen molar-refractivity contribution in [3.05, 3.63) is 42.0 Å². The van der Waals surface area contributed by atoms with Crippen molar-refractivity contribution in [3.8, 4) is 0 Å². The highest BCUT2D eigenvalue weighted by atomic mass is 16.6. The third-order valence-corrected chi connectivity index (χ3v) is 5.13. The fourth-order valence-corrected chi connectivity index (χ4v) is 4.15. The van der Waals surface area contributed by atoms with Crippen molar-refractivity contribution in [2.24, 2.45) is 11.8 Å². The predicted octanol–water partition coefficient (Wildman–Crippen LogP) is 2.23. The van der Waals surface area contributed by atoms with Crippen LogP contribution in [0.4, 0.5) is 5.69 Å². The van der Waals surface area contributed by atoms with Crippen molar-refractivity contribution >= 4 is 17.6 Å². The van der Waals surface area contributed by atoms with E-state index in [1.807, 2.05) is 57.2 Å². The number of carbonyl (C=O) groups is 2. The van der Waals surface area contributed by atoms with Crippen LogP contribution in [0.5, 0.6) is 0 Å². The number of ether oxygens (including phenoxy) is 2. The van der Waals surface area contributed by atoms with E-state index < -0.39 is 17.4 Å². The van der Waals surface area contributed by atoms with E-state index in [1.165, 1.54) is 0 Å². The van der Waals surface area contributed by atoms with Gasteiger partial charge < -0.3 is 14.4 Å². The van der Waals surface area contributed by atoms with Gasteiger partial charge >= 0.3 is 5.97 Å². The van der Waals surface area contributed by atoms with Crippen LogP contribution in [-0.4, -0.2) is 36.2 Å². The first kappa shape index (κ1) is 15.4. The zero-order valence-electron chi connectivity index (χ0n) is 14.1. The van der Waals surface area contributed by atoms with Gasteiger partial charge in [-0.3, -0.25) is 9.59 Å². The maximum absolute atomic E-state index is 13.1. The number of hydrogen-bond acceptors (Lipinski definition) is 4. The van der Waals surface area contributed by atoms with Crippen LogP contribution < -0.4 is 4.90 Å². The van der Waals surface area contributed by atoms with E-state index >= 15 is 0 Å². The number of para-hydroxylation sites is 1. The van der Waals surface area contributed by atoms with Crippen molar-refractivity contribution in [1.82, 2.24) is 0 Å². The van der Waals surface area contributed by atoms with E-state index in [1.54, 1.807) is 4.90 Å². The Kier molecular flexibility index (Phi) is 3.32. The predicted molar refractivity (Wildman–Crippen MR) is 88.5 cm³/mol. The Morgan fingerprint density at radius 2 is 2.12 bits per heavy atom. The topological polar surface area (TPSA) is 55.8 Å². The van der Waals surface area contributed by atoms with Gasteiger partial charge in [-0.25, -0.2) is 0 Å². The maximum atomic E-state index is 13.1. The summed E-state index contributed by atoms with van der Waals surface area (Å²) in [5.74, 6) is -1.45. The molecule has 2 fully saturated rings. The lowest BCUT2D eigenvalue weighted by molar-refractivity contribution is -0.156. The van der Waals surface area contributed by atoms with E-state index in [0.29, 0.717) is 6.54 Å². The SMILES string of the molecule is Cc1ccccc1N1C[C@@]23C=C[C@@H](O2)[C@H](C(=O)OC(C)C)[C@@H]3C1=O. The number of amides is 1. The second-order valence-corrected chi connectivity index (χ2v) is 7.10. The molecule has 0 radical (unpaired) electrons. The van der Waals surface area contributed by atoms with Crippen molar-refractivity contribution in [2.45, 2.75) is 38.6 Å². The molecule has 3 aliphatic heterocycles. The third-order valence-electron chi connectivity index (χ3n) is 5.13. The molecule has 24 heavy (non-hydrogen) atoms. The molecule has 4 atom stereocenters. The molecule has 1 amide bonds. The van der Waals surface area contributed by atoms with Gasteiger partial charge in [-0.2, -0.15) is 0 Å². The average molecular weight is 327 g/mol. The first-order valence-corrected chi connectivity index (χ1v) is 8.37. The van der Waals surface area contributed by atoms with Gasteiger partial charge in [0.15, 0.2) is 0 Å². The number of esters is 1. The number of anilines is 1. The lowest BCUT2D eigenvalue weighted by Crippen LogP contribution is -2.40. The molecule has 4 rings (SSSR count). The van der Waals surface area contributed by atoms with Gasteiger partial charge in [-0.15, -0.1) is 0 Å². The molecule has 1 aromatic carbocycles. The normalized spacial score (nSPS) is 33.4. The minimum Gasteiger partial charge on any atom is -0.463 e. The third kappa shape index (κ3) is 2.04. The van der Waals surface area contributed by atoms with Crippen LogP contribution in [0.25, 0.3) is 0 Å². The summed E-state index contributed by atoms with van der Waals surface area (Å²) in [5, 5.41) is 0. The first-order valence-electron chi connectivity index (χ1n) is 8.37. The van der Waals surface area contributed by atoms with Crippen molar-refractivity contribution in [1.29, 1.82) is 0 Å². The highest BCUT2D eigenvalue weighted by Crippen LogP contribution is 2.53. The number of aryl methyl sites for hydroxylation is 1. The molecule has 3 aliphatic rings. The summed E-state index contributed by atoms with van der Waals surface area (Å²) in [7, 11) is 0. The molecular formula is C19H21NO4. The minimum atomic E-state index is -0.704. The first-order chi connectivity index (χ1) is 11.4. The number of fused-ring (bicyclic) bond motifs is 1. The Bertz CT molecular complexity index is 741. The molecule has 2 bridgehead atoms. The summed E-state index contributed by atoms with van der Waals surface area (Å²) in [4.78, 5) is 27.4. The quantitative estimate of drug-likeness (QED) is 0.631. The van der Waals surface area contributed by atoms with Crippen LogP contribution in [0.2, 0.25) is 0 Å². The van der Waals surface area contributed by atoms with E-state index in [0.717, 1.165) is 11.3 Å². The molecule has 5 nitrogen and oxygen atoms in total. The molecule has 1 spiro atoms. The largest absolute Gasteiger partial charge is 0.463 e. The summed E-state index contributed by atoms with van der Waals surface area (Å²) >= 11 is 0. The monoisotopic (exact) mass is 327 g/mol. The molecular weight excluding hydrogens is 306 g/mol. The van der Waals surface area contributed by atoms with Crippen molar-refractivity contribution in [2.75, 3.05) is 11.4 Å². The molecule has 0 unspecified atom stereocenters. The Morgan fingerprint density at radius 1 is 1.38 bits per heavy atom. The van der Waals surface area contributed by atoms with Gasteiger partial charge in [0.25, 0.3) is 0 Å². The summed E-state index contributed by atoms with van der Waals surface area (Å²) in [6.45, 7) is 6.05. The van der Waals surface area contributed by atoms with Crippen LogP contribution in [-0.2, 0) is 19.1 Å². The minimum absolute atomic E-state index is 0.0538. The van der Waals surface area contributed by atoms with Gasteiger partial charge in [0, 0.05) is 5.69 Å². The van der Waals surface area contributed by atoms with Crippen LogP contribution in [0, 0.1) is 18.8 Å². The van der Waals surface area contributed by atoms with Gasteiger partial charge in [-0.1, -0.05) is 30.4 Å². The highest BCUT2D eigenvalue weighted by Gasteiger charge is 2.67. The number of carbonyl (C=O) groups excluding carboxylic acids is 2. The van der Waals surface area contributed by atoms with E-state index in [9.17, 15) is 9.59 Å². The van der Waals surface area contributed by atoms with Gasteiger partial charge in [0.2, 0.25) is 5.91 Å². The Balaban J connectivity index is 1.69. The number of rotatable bonds is 3. The number of hydrogen-bond donors (Lipinski definition) is 0. The second kappa shape index (κ2) is 5.18. The molecule has 0 saturated carbocycles. The number of benzene rings is 1.